The summed E-state index contributed by atoms with van der Waals surface area (Å²) in [4.78, 5) is 28.8. The van der Waals surface area contributed by atoms with Gasteiger partial charge in [0, 0.05) is 37.4 Å². The topological polar surface area (TPSA) is 141 Å². The lowest BCUT2D eigenvalue weighted by Crippen LogP contribution is -2.64. The number of carbonyl (C=O) groups is 2. The molecule has 0 aromatic rings. The first kappa shape index (κ1) is 30.1. The number of fused-ring (bicyclic) bond motifs is 5. The molecule has 5 fully saturated rings. The normalized spacial score (nSPS) is 44.7. The van der Waals surface area contributed by atoms with Crippen molar-refractivity contribution in [2.45, 2.75) is 90.4 Å². The van der Waals surface area contributed by atoms with E-state index >= 15 is 0 Å². The number of hydrogen-bond donors (Lipinski definition) is 3. The van der Waals surface area contributed by atoms with Crippen molar-refractivity contribution < 1.29 is 37.5 Å². The van der Waals surface area contributed by atoms with Crippen LogP contribution in [0, 0.1) is 40.4 Å². The Kier molecular flexibility index (Phi) is 8.30. The lowest BCUT2D eigenvalue weighted by atomic mass is 9.43. The molecule has 9 atom stereocenters. The average Bonchev–Trinajstić information content (AvgIpc) is 3.13. The molecule has 5 aliphatic rings. The Morgan fingerprint density at radius 2 is 1.76 bits per heavy atom. The molecule has 9 nitrogen and oxygen atoms in total. The maximum atomic E-state index is 13.9. The van der Waals surface area contributed by atoms with Crippen molar-refractivity contribution in [3.8, 4) is 0 Å². The van der Waals surface area contributed by atoms with Gasteiger partial charge < -0.3 is 14.9 Å². The van der Waals surface area contributed by atoms with Gasteiger partial charge in [0.15, 0.2) is 5.78 Å². The predicted octanol–water partition coefficient (Wildman–Crippen LogP) is 2.34. The third-order valence-corrected chi connectivity index (χ3v) is 10.8. The van der Waals surface area contributed by atoms with E-state index in [1.165, 1.54) is 0 Å². The van der Waals surface area contributed by atoms with Gasteiger partial charge in [0.05, 0.1) is 24.6 Å². The molecule has 218 valence electrons. The fraction of sp³-hybridized carbons (Fsp3) is 0.929. The van der Waals surface area contributed by atoms with E-state index in [0.29, 0.717) is 42.8 Å². The van der Waals surface area contributed by atoms with Crippen LogP contribution in [0.4, 0.5) is 0 Å². The number of hydrogen-bond acceptors (Lipinski definition) is 8. The highest BCUT2D eigenvalue weighted by Gasteiger charge is 2.65. The highest BCUT2D eigenvalue weighted by Crippen LogP contribution is 2.66. The second kappa shape index (κ2) is 10.5. The molecule has 0 spiro atoms. The summed E-state index contributed by atoms with van der Waals surface area (Å²) in [6, 6.07) is 0.0709. The second-order valence-corrected chi connectivity index (χ2v) is 15.3. The molecule has 0 bridgehead atoms. The van der Waals surface area contributed by atoms with E-state index in [0.717, 1.165) is 51.6 Å². The summed E-state index contributed by atoms with van der Waals surface area (Å²) < 4.78 is 31.8. The lowest BCUT2D eigenvalue weighted by molar-refractivity contribution is -0.177. The van der Waals surface area contributed by atoms with Gasteiger partial charge in [-0.3, -0.25) is 19.0 Å². The van der Waals surface area contributed by atoms with Crippen molar-refractivity contribution in [2.75, 3.05) is 32.6 Å². The third kappa shape index (κ3) is 5.63. The number of Topliss-reactive ketones (excluding diaryl/α,β-unsaturated/α-hetero) is 2. The molecular formula is C28H47NO8S. The van der Waals surface area contributed by atoms with Gasteiger partial charge in [-0.1, -0.05) is 13.8 Å². The van der Waals surface area contributed by atoms with Crippen LogP contribution in [0.1, 0.15) is 72.6 Å². The number of morpholine rings is 1. The molecule has 0 amide bonds. The zero-order valence-corrected chi connectivity index (χ0v) is 24.4. The first-order valence-corrected chi connectivity index (χ1v) is 16.0. The minimum atomic E-state index is -3.67. The van der Waals surface area contributed by atoms with Gasteiger partial charge in [-0.2, -0.15) is 8.42 Å². The van der Waals surface area contributed by atoms with Crippen LogP contribution < -0.4 is 0 Å². The Hall–Kier alpha value is -0.910. The minimum Gasteiger partial charge on any atom is -0.391 e. The summed E-state index contributed by atoms with van der Waals surface area (Å²) in [5.74, 6) is 1.18. The van der Waals surface area contributed by atoms with Gasteiger partial charge in [-0.15, -0.1) is 0 Å². The quantitative estimate of drug-likeness (QED) is 0.446. The summed E-state index contributed by atoms with van der Waals surface area (Å²) in [6.45, 7) is 10.6. The summed E-state index contributed by atoms with van der Waals surface area (Å²) >= 11 is 0. The smallest absolute Gasteiger partial charge is 0.261 e. The minimum absolute atomic E-state index is 0.0290. The fourth-order valence-corrected chi connectivity index (χ4v) is 9.44. The zero-order valence-electron chi connectivity index (χ0n) is 23.6. The van der Waals surface area contributed by atoms with Crippen LogP contribution in [0.3, 0.4) is 0 Å². The monoisotopic (exact) mass is 557 g/mol. The average molecular weight is 558 g/mol. The maximum Gasteiger partial charge on any atom is 0.261 e. The van der Waals surface area contributed by atoms with E-state index in [1.54, 1.807) is 0 Å². The van der Waals surface area contributed by atoms with Crippen molar-refractivity contribution >= 4 is 21.7 Å². The highest BCUT2D eigenvalue weighted by molar-refractivity contribution is 7.85. The third-order valence-electron chi connectivity index (χ3n) is 10.8. The fourth-order valence-electron chi connectivity index (χ4n) is 9.44. The molecule has 4 saturated carbocycles. The van der Waals surface area contributed by atoms with E-state index in [9.17, 15) is 28.2 Å². The number of ether oxygens (including phenoxy) is 1. The van der Waals surface area contributed by atoms with Gasteiger partial charge in [0.2, 0.25) is 0 Å². The molecule has 4 aliphatic carbocycles. The largest absolute Gasteiger partial charge is 0.391 e. The Morgan fingerprint density at radius 3 is 2.37 bits per heavy atom. The molecule has 0 unspecified atom stereocenters. The number of carbonyl (C=O) groups excluding carboxylic acids is 2. The van der Waals surface area contributed by atoms with Crippen molar-refractivity contribution in [2.24, 2.45) is 40.4 Å². The Labute approximate surface area is 227 Å². The van der Waals surface area contributed by atoms with E-state index < -0.39 is 16.7 Å². The zero-order chi connectivity index (χ0) is 28.3. The van der Waals surface area contributed by atoms with Crippen LogP contribution in [-0.4, -0.2) is 90.0 Å². The molecule has 1 aliphatic heterocycles. The van der Waals surface area contributed by atoms with Crippen LogP contribution in [0.25, 0.3) is 0 Å². The Balaban J connectivity index is 0.000000617. The van der Waals surface area contributed by atoms with Gasteiger partial charge in [-0.25, -0.2) is 0 Å². The maximum absolute atomic E-state index is 13.9. The second-order valence-electron chi connectivity index (χ2n) is 13.8. The number of ketones is 2. The van der Waals surface area contributed by atoms with Gasteiger partial charge in [0.1, 0.15) is 12.4 Å². The molecule has 0 aromatic carbocycles. The molecule has 1 saturated heterocycles. The first-order chi connectivity index (χ1) is 17.5. The Bertz CT molecular complexity index is 1020. The molecular weight excluding hydrogens is 510 g/mol. The number of aliphatic hydroxyl groups is 2. The Morgan fingerprint density at radius 1 is 1.11 bits per heavy atom. The van der Waals surface area contributed by atoms with E-state index in [2.05, 4.69) is 32.6 Å². The van der Waals surface area contributed by atoms with Crippen molar-refractivity contribution in [1.29, 1.82) is 0 Å². The standard InChI is InChI=1S/C27H43NO5.CH4O3S/c1-25(2)15-28(9-10-33-25)20-12-26(3)16(11-21(20)30)5-6-17-18-7-8-19(23(32)14-29)27(18,4)13-22(31)24(17)26;1-5(2,3)4/h16-21,24,29-30H,5-15H2,1-4H3;1H3,(H,2,3,4)/t16-,17-,18-,19+,20-,21-,24+,26-,27-;/m0./s1. The van der Waals surface area contributed by atoms with E-state index in [-0.39, 0.29) is 46.2 Å². The predicted molar refractivity (Wildman–Crippen MR) is 142 cm³/mol. The van der Waals surface area contributed by atoms with Gasteiger partial charge in [-0.05, 0) is 81.0 Å². The van der Waals surface area contributed by atoms with Gasteiger partial charge in [0.25, 0.3) is 10.1 Å². The summed E-state index contributed by atoms with van der Waals surface area (Å²) in [7, 11) is -3.67. The van der Waals surface area contributed by atoms with Crippen molar-refractivity contribution in [3.63, 3.8) is 0 Å². The molecule has 5 rings (SSSR count). The summed E-state index contributed by atoms with van der Waals surface area (Å²) in [5.41, 5.74) is -0.624. The van der Waals surface area contributed by atoms with Crippen LogP contribution in [0.2, 0.25) is 0 Å². The number of nitrogens with zero attached hydrogens (tertiary/aromatic N) is 1. The molecule has 38 heavy (non-hydrogen) atoms. The molecule has 3 N–H and O–H groups in total. The van der Waals surface area contributed by atoms with Crippen molar-refractivity contribution in [1.82, 2.24) is 4.90 Å². The lowest BCUT2D eigenvalue weighted by Gasteiger charge is -2.62. The van der Waals surface area contributed by atoms with E-state index in [4.69, 9.17) is 9.29 Å². The number of rotatable bonds is 3. The first-order valence-electron chi connectivity index (χ1n) is 14.1. The molecule has 0 radical (unpaired) electrons. The van der Waals surface area contributed by atoms with Crippen molar-refractivity contribution in [3.05, 3.63) is 0 Å². The molecule has 10 heteroatoms. The van der Waals surface area contributed by atoms with Gasteiger partial charge >= 0.3 is 0 Å². The van der Waals surface area contributed by atoms with Crippen LogP contribution in [0.5, 0.6) is 0 Å². The summed E-state index contributed by atoms with van der Waals surface area (Å²) in [5, 5.41) is 20.7. The highest BCUT2D eigenvalue weighted by atomic mass is 32.2. The van der Waals surface area contributed by atoms with Crippen LogP contribution in [0.15, 0.2) is 0 Å². The SMILES string of the molecule is CC1(C)CN([C@H]2C[C@@]3(C)[C@@H](CC[C@H]4[C@@H]5CC[C@H](C(=O)CO)[C@@]5(C)CC(=O)[C@@H]43)C[C@@H]2O)CCO1.CS(=O)(=O)O. The molecule has 0 aromatic heterocycles. The van der Waals surface area contributed by atoms with E-state index in [1.807, 2.05) is 0 Å². The summed E-state index contributed by atoms with van der Waals surface area (Å²) in [6.07, 6.45) is 6.37. The molecule has 1 heterocycles. The van der Waals surface area contributed by atoms with Crippen LogP contribution >= 0.6 is 0 Å². The number of aliphatic hydroxyl groups excluding tert-OH is 2. The van der Waals surface area contributed by atoms with Crippen LogP contribution in [-0.2, 0) is 24.4 Å².